The van der Waals surface area contributed by atoms with Gasteiger partial charge in [0.05, 0.1) is 12.9 Å². The number of rotatable bonds is 3. The van der Waals surface area contributed by atoms with Gasteiger partial charge < -0.3 is 26.0 Å². The van der Waals surface area contributed by atoms with Gasteiger partial charge in [-0.25, -0.2) is 0 Å². The van der Waals surface area contributed by atoms with Crippen LogP contribution in [0.2, 0.25) is 0 Å². The number of alkyl halides is 3. The Bertz CT molecular complexity index is 723. The predicted molar refractivity (Wildman–Crippen MR) is 77.9 cm³/mol. The zero-order valence-corrected chi connectivity index (χ0v) is 12.8. The average molecular weight is 378 g/mol. The summed E-state index contributed by atoms with van der Waals surface area (Å²) >= 11 is 0. The summed E-state index contributed by atoms with van der Waals surface area (Å²) < 4.78 is 43.0. The van der Waals surface area contributed by atoms with Crippen molar-refractivity contribution in [2.75, 3.05) is 6.61 Å². The molecule has 3 aliphatic rings. The van der Waals surface area contributed by atoms with E-state index in [2.05, 4.69) is 15.0 Å². The third kappa shape index (κ3) is 3.02. The Balaban J connectivity index is 1.89. The van der Waals surface area contributed by atoms with E-state index in [-0.39, 0.29) is 11.8 Å². The average Bonchev–Trinajstić information content (AvgIpc) is 3.08. The van der Waals surface area contributed by atoms with Gasteiger partial charge in [-0.1, -0.05) is 0 Å². The second kappa shape index (κ2) is 6.30. The quantitative estimate of drug-likeness (QED) is 0.409. The topological polar surface area (TPSA) is 162 Å². The molecular weight excluding hydrogens is 365 g/mol. The number of carbonyl (C=O) groups excluding carboxylic acids is 2. The molecule has 11 nitrogen and oxygen atoms in total. The second-order valence-electron chi connectivity index (χ2n) is 5.59. The Morgan fingerprint density at radius 2 is 2.12 bits per heavy atom. The fraction of sp³-hybridized carbons (Fsp3) is 0.583. The summed E-state index contributed by atoms with van der Waals surface area (Å²) in [6.07, 6.45) is -8.50. The van der Waals surface area contributed by atoms with Gasteiger partial charge in [-0.15, -0.1) is 0 Å². The molecule has 0 bridgehead atoms. The minimum absolute atomic E-state index is 0.0791. The third-order valence-corrected chi connectivity index (χ3v) is 3.92. The minimum Gasteiger partial charge on any atom is -0.394 e. The van der Waals surface area contributed by atoms with Gasteiger partial charge in [-0.05, 0) is 0 Å². The third-order valence-electron chi connectivity index (χ3n) is 3.92. The Morgan fingerprint density at radius 3 is 2.73 bits per heavy atom. The number of fused-ring (bicyclic) bond motifs is 1. The molecule has 5 atom stereocenters. The molecule has 142 valence electrons. The summed E-state index contributed by atoms with van der Waals surface area (Å²) in [5.74, 6) is -3.50. The highest BCUT2D eigenvalue weighted by atomic mass is 19.4. The summed E-state index contributed by atoms with van der Waals surface area (Å²) in [4.78, 5) is 35.2. The van der Waals surface area contributed by atoms with E-state index in [4.69, 9.17) is 10.5 Å². The van der Waals surface area contributed by atoms with E-state index in [0.717, 1.165) is 11.2 Å². The molecule has 3 aliphatic heterocycles. The standard InChI is InChI=1S/C12H13F3N6O5/c13-12(14,15)10(25)18-4-6(23)3(1-22)26-9(4)21-2-17-5-7(21)19-11(16)20-8(5)24/h2-6,9,22-23H,1H2,(H,18,25)(H2,16,20,24). The first-order valence-corrected chi connectivity index (χ1v) is 7.23. The van der Waals surface area contributed by atoms with E-state index < -0.39 is 55.1 Å². The number of ether oxygens (including phenoxy) is 1. The molecule has 0 aromatic carbocycles. The summed E-state index contributed by atoms with van der Waals surface area (Å²) in [7, 11) is 0. The van der Waals surface area contributed by atoms with Crippen molar-refractivity contribution in [3.05, 3.63) is 0 Å². The van der Waals surface area contributed by atoms with Crippen LogP contribution in [0.25, 0.3) is 0 Å². The van der Waals surface area contributed by atoms with Crippen LogP contribution in [0.3, 0.4) is 0 Å². The number of aliphatic hydroxyl groups excluding tert-OH is 2. The van der Waals surface area contributed by atoms with Crippen LogP contribution in [0, 0.1) is 0 Å². The van der Waals surface area contributed by atoms with Gasteiger partial charge in [0.2, 0.25) is 5.96 Å². The van der Waals surface area contributed by atoms with Gasteiger partial charge in [-0.3, -0.25) is 19.5 Å². The molecule has 3 heterocycles. The predicted octanol–water partition coefficient (Wildman–Crippen LogP) is -2.92. The Morgan fingerprint density at radius 1 is 1.42 bits per heavy atom. The highest BCUT2D eigenvalue weighted by Gasteiger charge is 2.52. The van der Waals surface area contributed by atoms with Crippen LogP contribution >= 0.6 is 0 Å². The molecule has 26 heavy (non-hydrogen) atoms. The maximum absolute atomic E-state index is 12.6. The molecule has 2 amide bonds. The lowest BCUT2D eigenvalue weighted by Gasteiger charge is -2.30. The smallest absolute Gasteiger partial charge is 0.394 e. The number of aliphatic hydroxyl groups is 2. The van der Waals surface area contributed by atoms with E-state index in [1.807, 2.05) is 0 Å². The van der Waals surface area contributed by atoms with Crippen molar-refractivity contribution in [2.45, 2.75) is 36.7 Å². The van der Waals surface area contributed by atoms with Crippen molar-refractivity contribution in [1.29, 1.82) is 0 Å². The second-order valence-corrected chi connectivity index (χ2v) is 5.59. The number of nitrogens with zero attached hydrogens (tertiary/aromatic N) is 4. The van der Waals surface area contributed by atoms with E-state index in [1.165, 1.54) is 0 Å². The largest absolute Gasteiger partial charge is 0.471 e. The lowest BCUT2D eigenvalue weighted by atomic mass is 10.1. The van der Waals surface area contributed by atoms with Gasteiger partial charge in [0, 0.05) is 0 Å². The van der Waals surface area contributed by atoms with Crippen LogP contribution in [0.15, 0.2) is 15.0 Å². The fourth-order valence-corrected chi connectivity index (χ4v) is 2.73. The molecule has 0 spiro atoms. The van der Waals surface area contributed by atoms with E-state index >= 15 is 0 Å². The number of aliphatic imine (C=N–C) groups is 3. The Labute approximate surface area is 143 Å². The molecule has 0 aromatic rings. The number of nitrogens with one attached hydrogen (secondary N) is 1. The lowest BCUT2D eigenvalue weighted by Crippen LogP contribution is -2.57. The van der Waals surface area contributed by atoms with Gasteiger partial charge in [0.15, 0.2) is 18.1 Å². The monoisotopic (exact) mass is 378 g/mol. The first kappa shape index (κ1) is 18.2. The van der Waals surface area contributed by atoms with E-state index in [0.29, 0.717) is 0 Å². The molecule has 5 unspecified atom stereocenters. The molecule has 1 saturated heterocycles. The van der Waals surface area contributed by atoms with Crippen molar-refractivity contribution < 1.29 is 37.7 Å². The zero-order valence-electron chi connectivity index (χ0n) is 12.8. The number of hydrogen-bond acceptors (Lipinski definition) is 9. The maximum Gasteiger partial charge on any atom is 0.471 e. The van der Waals surface area contributed by atoms with Crippen LogP contribution in [0.5, 0.6) is 0 Å². The number of nitrogens with two attached hydrogens (primary N) is 1. The maximum atomic E-state index is 12.6. The molecule has 1 fully saturated rings. The normalized spacial score (nSPS) is 33.8. The number of amidine groups is 1. The van der Waals surface area contributed by atoms with Gasteiger partial charge in [-0.2, -0.15) is 23.2 Å². The van der Waals surface area contributed by atoms with E-state index in [9.17, 15) is 33.0 Å². The van der Waals surface area contributed by atoms with Crippen molar-refractivity contribution in [1.82, 2.24) is 10.2 Å². The van der Waals surface area contributed by atoms with Gasteiger partial charge >= 0.3 is 12.1 Å². The molecule has 3 rings (SSSR count). The zero-order chi connectivity index (χ0) is 19.2. The molecular formula is C12H13F3N6O5. The van der Waals surface area contributed by atoms with Gasteiger partial charge in [0.25, 0.3) is 5.91 Å². The molecule has 0 saturated carbocycles. The summed E-state index contributed by atoms with van der Waals surface area (Å²) in [6, 6.07) is -2.75. The number of amides is 2. The van der Waals surface area contributed by atoms with Crippen LogP contribution in [-0.2, 0) is 14.3 Å². The van der Waals surface area contributed by atoms with Crippen LogP contribution < -0.4 is 11.1 Å². The minimum atomic E-state index is -5.20. The van der Waals surface area contributed by atoms with Crippen molar-refractivity contribution >= 4 is 29.9 Å². The molecule has 5 N–H and O–H groups in total. The summed E-state index contributed by atoms with van der Waals surface area (Å²) in [5, 5.41) is 21.0. The number of halogens is 3. The van der Waals surface area contributed by atoms with Crippen LogP contribution in [-0.4, -0.2) is 88.4 Å². The molecule has 0 aliphatic carbocycles. The summed E-state index contributed by atoms with van der Waals surface area (Å²) in [5.41, 5.74) is 5.41. The van der Waals surface area contributed by atoms with Gasteiger partial charge in [0.1, 0.15) is 18.2 Å². The highest BCUT2D eigenvalue weighted by Crippen LogP contribution is 2.28. The Kier molecular flexibility index (Phi) is 4.41. The Hall–Kier alpha value is -2.58. The SMILES string of the molecule is NC1=NC(=O)C2N=CN(C3OC(CO)C(O)C3NC(=O)C(F)(F)F)C2=N1. The first-order valence-electron chi connectivity index (χ1n) is 7.23. The number of hydrogen-bond donors (Lipinski definition) is 4. The summed E-state index contributed by atoms with van der Waals surface area (Å²) in [6.45, 7) is -0.723. The first-order chi connectivity index (χ1) is 12.1. The van der Waals surface area contributed by atoms with Crippen LogP contribution in [0.4, 0.5) is 13.2 Å². The van der Waals surface area contributed by atoms with Crippen molar-refractivity contribution in [3.63, 3.8) is 0 Å². The van der Waals surface area contributed by atoms with Crippen molar-refractivity contribution in [3.8, 4) is 0 Å². The molecule has 0 aromatic heterocycles. The molecule has 14 heteroatoms. The lowest BCUT2D eigenvalue weighted by molar-refractivity contribution is -0.175. The van der Waals surface area contributed by atoms with E-state index in [1.54, 1.807) is 5.32 Å². The van der Waals surface area contributed by atoms with Crippen molar-refractivity contribution in [2.24, 2.45) is 20.7 Å². The molecule has 0 radical (unpaired) electrons. The van der Waals surface area contributed by atoms with Crippen LogP contribution in [0.1, 0.15) is 0 Å². The number of guanidine groups is 1. The fourth-order valence-electron chi connectivity index (χ4n) is 2.73. The number of carbonyl (C=O) groups is 2. The highest BCUT2D eigenvalue weighted by molar-refractivity contribution is 6.21.